The Morgan fingerprint density at radius 2 is 1.89 bits per heavy atom. The van der Waals surface area contributed by atoms with E-state index in [1.54, 1.807) is 4.90 Å². The molecule has 1 atom stereocenters. The van der Waals surface area contributed by atoms with Crippen LogP contribution in [0.25, 0.3) is 0 Å². The van der Waals surface area contributed by atoms with E-state index >= 15 is 0 Å². The Bertz CT molecular complexity index is 644. The number of nitrogens with zero attached hydrogens (tertiary/aromatic N) is 2. The van der Waals surface area contributed by atoms with Gasteiger partial charge in [0.2, 0.25) is 5.91 Å². The van der Waals surface area contributed by atoms with Crippen molar-refractivity contribution in [2.75, 3.05) is 32.7 Å². The lowest BCUT2D eigenvalue weighted by Crippen LogP contribution is -2.59. The molecule has 0 aliphatic carbocycles. The van der Waals surface area contributed by atoms with Crippen LogP contribution in [0.3, 0.4) is 0 Å². The number of piperidine rings is 1. The summed E-state index contributed by atoms with van der Waals surface area (Å²) in [6, 6.07) is 9.80. The van der Waals surface area contributed by atoms with Crippen molar-refractivity contribution in [3.63, 3.8) is 0 Å². The van der Waals surface area contributed by atoms with Crippen LogP contribution >= 0.6 is 0 Å². The third kappa shape index (κ3) is 4.85. The molecule has 150 valence electrons. The molecule has 1 unspecified atom stereocenters. The predicted octanol–water partition coefficient (Wildman–Crippen LogP) is 2.98. The van der Waals surface area contributed by atoms with Crippen LogP contribution in [0.2, 0.25) is 0 Å². The summed E-state index contributed by atoms with van der Waals surface area (Å²) in [4.78, 5) is 16.4. The van der Waals surface area contributed by atoms with Crippen molar-refractivity contribution in [3.8, 4) is 0 Å². The zero-order chi connectivity index (χ0) is 19.7. The minimum atomic E-state index is -2.92. The molecule has 0 saturated carbocycles. The van der Waals surface area contributed by atoms with Gasteiger partial charge in [-0.25, -0.2) is 8.78 Å². The summed E-state index contributed by atoms with van der Waals surface area (Å²) in [6.07, 6.45) is 0.669. The summed E-state index contributed by atoms with van der Waals surface area (Å²) >= 11 is 0. The molecule has 4 nitrogen and oxygen atoms in total. The Balaban J connectivity index is 1.57. The SMILES string of the molecule is CC(C)(CN)CC1CN(C(=O)C2CN(Cc3ccccc3)CCC2(F)F)C1. The number of carbonyl (C=O) groups is 1. The van der Waals surface area contributed by atoms with Crippen LogP contribution in [0.1, 0.15) is 32.3 Å². The number of amides is 1. The molecule has 2 N–H and O–H groups in total. The first-order chi connectivity index (χ1) is 12.7. The normalized spacial score (nSPS) is 23.9. The molecule has 2 fully saturated rings. The molecule has 27 heavy (non-hydrogen) atoms. The monoisotopic (exact) mass is 379 g/mol. The summed E-state index contributed by atoms with van der Waals surface area (Å²) in [5, 5.41) is 0. The molecule has 6 heteroatoms. The van der Waals surface area contributed by atoms with E-state index in [9.17, 15) is 13.6 Å². The van der Waals surface area contributed by atoms with Gasteiger partial charge in [0, 0.05) is 39.1 Å². The van der Waals surface area contributed by atoms with Crippen molar-refractivity contribution in [3.05, 3.63) is 35.9 Å². The number of nitrogens with two attached hydrogens (primary N) is 1. The number of hydrogen-bond acceptors (Lipinski definition) is 3. The van der Waals surface area contributed by atoms with Gasteiger partial charge in [0.05, 0.1) is 0 Å². The van der Waals surface area contributed by atoms with Crippen LogP contribution in [0.4, 0.5) is 8.78 Å². The second-order valence-electron chi connectivity index (χ2n) is 8.97. The Morgan fingerprint density at radius 1 is 1.22 bits per heavy atom. The zero-order valence-electron chi connectivity index (χ0n) is 16.3. The first kappa shape index (κ1) is 20.2. The lowest BCUT2D eigenvalue weighted by Gasteiger charge is -2.46. The fraction of sp³-hybridized carbons (Fsp3) is 0.667. The molecule has 3 rings (SSSR count). The molecule has 1 aromatic rings. The summed E-state index contributed by atoms with van der Waals surface area (Å²) < 4.78 is 29.0. The van der Waals surface area contributed by atoms with Crippen molar-refractivity contribution >= 4 is 5.91 Å². The van der Waals surface area contributed by atoms with Gasteiger partial charge in [-0.2, -0.15) is 0 Å². The van der Waals surface area contributed by atoms with E-state index in [0.29, 0.717) is 38.6 Å². The molecule has 2 aliphatic rings. The average Bonchev–Trinajstić information content (AvgIpc) is 2.60. The molecule has 2 heterocycles. The smallest absolute Gasteiger partial charge is 0.262 e. The second-order valence-corrected chi connectivity index (χ2v) is 8.97. The number of likely N-dealkylation sites (tertiary alicyclic amines) is 2. The molecule has 2 saturated heterocycles. The summed E-state index contributed by atoms with van der Waals surface area (Å²) in [7, 11) is 0. The molecular formula is C21H31F2N3O. The molecule has 2 aliphatic heterocycles. The van der Waals surface area contributed by atoms with Crippen molar-refractivity contribution in [1.29, 1.82) is 0 Å². The van der Waals surface area contributed by atoms with Gasteiger partial charge in [-0.3, -0.25) is 9.69 Å². The van der Waals surface area contributed by atoms with Gasteiger partial charge < -0.3 is 10.6 Å². The molecule has 0 radical (unpaired) electrons. The number of benzene rings is 1. The Morgan fingerprint density at radius 3 is 2.52 bits per heavy atom. The topological polar surface area (TPSA) is 49.6 Å². The maximum Gasteiger partial charge on any atom is 0.262 e. The highest BCUT2D eigenvalue weighted by Crippen LogP contribution is 2.38. The number of rotatable bonds is 6. The first-order valence-electron chi connectivity index (χ1n) is 9.83. The van der Waals surface area contributed by atoms with Crippen molar-refractivity contribution in [1.82, 2.24) is 9.80 Å². The van der Waals surface area contributed by atoms with Gasteiger partial charge in [-0.15, -0.1) is 0 Å². The van der Waals surface area contributed by atoms with E-state index in [4.69, 9.17) is 5.73 Å². The van der Waals surface area contributed by atoms with Gasteiger partial charge in [-0.1, -0.05) is 44.2 Å². The van der Waals surface area contributed by atoms with Gasteiger partial charge in [-0.05, 0) is 29.9 Å². The lowest BCUT2D eigenvalue weighted by molar-refractivity contribution is -0.167. The quantitative estimate of drug-likeness (QED) is 0.827. The third-order valence-corrected chi connectivity index (χ3v) is 5.92. The Hall–Kier alpha value is -1.53. The third-order valence-electron chi connectivity index (χ3n) is 5.92. The van der Waals surface area contributed by atoms with Crippen LogP contribution < -0.4 is 5.73 Å². The molecule has 1 amide bonds. The van der Waals surface area contributed by atoms with Gasteiger partial charge in [0.1, 0.15) is 5.92 Å². The fourth-order valence-electron chi connectivity index (χ4n) is 4.17. The summed E-state index contributed by atoms with van der Waals surface area (Å²) in [5.41, 5.74) is 6.89. The van der Waals surface area contributed by atoms with Crippen LogP contribution in [0.15, 0.2) is 30.3 Å². The van der Waals surface area contributed by atoms with Gasteiger partial charge in [0.15, 0.2) is 0 Å². The minimum absolute atomic E-state index is 0.0288. The van der Waals surface area contributed by atoms with Crippen molar-refractivity contribution in [2.45, 2.75) is 39.2 Å². The van der Waals surface area contributed by atoms with E-state index in [-0.39, 0.29) is 24.3 Å². The van der Waals surface area contributed by atoms with Gasteiger partial charge >= 0.3 is 0 Å². The van der Waals surface area contributed by atoms with E-state index in [0.717, 1.165) is 12.0 Å². The van der Waals surface area contributed by atoms with Crippen molar-refractivity contribution in [2.24, 2.45) is 23.0 Å². The Kier molecular flexibility index (Phi) is 5.87. The van der Waals surface area contributed by atoms with Gasteiger partial charge in [0.25, 0.3) is 5.92 Å². The summed E-state index contributed by atoms with van der Waals surface area (Å²) in [5.74, 6) is -4.19. The van der Waals surface area contributed by atoms with Crippen LogP contribution in [0.5, 0.6) is 0 Å². The molecule has 1 aromatic carbocycles. The van der Waals surface area contributed by atoms with E-state index in [1.165, 1.54) is 0 Å². The highest BCUT2D eigenvalue weighted by Gasteiger charge is 2.51. The minimum Gasteiger partial charge on any atom is -0.342 e. The van der Waals surface area contributed by atoms with Crippen LogP contribution in [0, 0.1) is 17.3 Å². The zero-order valence-corrected chi connectivity index (χ0v) is 16.3. The molecule has 0 bridgehead atoms. The Labute approximate surface area is 160 Å². The molecule has 0 aromatic heterocycles. The second kappa shape index (κ2) is 7.84. The number of carbonyl (C=O) groups excluding carboxylic acids is 1. The number of hydrogen-bond donors (Lipinski definition) is 1. The number of halogens is 2. The largest absolute Gasteiger partial charge is 0.342 e. The predicted molar refractivity (Wildman–Crippen MR) is 102 cm³/mol. The maximum absolute atomic E-state index is 14.5. The van der Waals surface area contributed by atoms with E-state index in [1.807, 2.05) is 35.2 Å². The standard InChI is InChI=1S/C21H31F2N3O/c1-20(2,15-24)10-17-12-26(13-17)19(27)18-14-25(9-8-21(18,22)23)11-16-6-4-3-5-7-16/h3-7,17-18H,8-15,24H2,1-2H3. The van der Waals surface area contributed by atoms with E-state index in [2.05, 4.69) is 13.8 Å². The maximum atomic E-state index is 14.5. The number of alkyl halides is 2. The molecular weight excluding hydrogens is 348 g/mol. The highest BCUT2D eigenvalue weighted by molar-refractivity contribution is 5.81. The molecule has 0 spiro atoms. The van der Waals surface area contributed by atoms with Crippen LogP contribution in [-0.2, 0) is 11.3 Å². The lowest BCUT2D eigenvalue weighted by atomic mass is 9.79. The fourth-order valence-corrected chi connectivity index (χ4v) is 4.17. The highest BCUT2D eigenvalue weighted by atomic mass is 19.3. The van der Waals surface area contributed by atoms with E-state index < -0.39 is 11.8 Å². The average molecular weight is 379 g/mol. The first-order valence-corrected chi connectivity index (χ1v) is 9.83. The summed E-state index contributed by atoms with van der Waals surface area (Å²) in [6.45, 7) is 7.00. The van der Waals surface area contributed by atoms with Crippen LogP contribution in [-0.4, -0.2) is 54.4 Å². The van der Waals surface area contributed by atoms with Crippen molar-refractivity contribution < 1.29 is 13.6 Å².